The third kappa shape index (κ3) is 2.29. The van der Waals surface area contributed by atoms with Gasteiger partial charge in [0.05, 0.1) is 6.54 Å². The van der Waals surface area contributed by atoms with Gasteiger partial charge in [-0.2, -0.15) is 0 Å². The lowest BCUT2D eigenvalue weighted by Crippen LogP contribution is -2.57. The number of rotatable bonds is 3. The molecule has 1 atom stereocenters. The van der Waals surface area contributed by atoms with Gasteiger partial charge >= 0.3 is 5.97 Å². The van der Waals surface area contributed by atoms with Crippen LogP contribution in [0, 0.1) is 0 Å². The second-order valence-corrected chi connectivity index (χ2v) is 2.88. The fourth-order valence-electron chi connectivity index (χ4n) is 1.29. The summed E-state index contributed by atoms with van der Waals surface area (Å²) in [6, 6.07) is -0.629. The van der Waals surface area contributed by atoms with Crippen molar-refractivity contribution in [2.45, 2.75) is 6.04 Å². The zero-order valence-corrected chi connectivity index (χ0v) is 7.19. The maximum absolute atomic E-state index is 10.9. The number of carbonyl (C=O) groups is 2. The molecular weight excluding hydrogens is 172 g/mol. The molecule has 13 heavy (non-hydrogen) atoms. The SMILES string of the molecule is C=CCN1CC(=O)NCC1C(=O)O. The van der Waals surface area contributed by atoms with E-state index in [2.05, 4.69) is 11.9 Å². The molecule has 0 aromatic heterocycles. The van der Waals surface area contributed by atoms with Crippen molar-refractivity contribution in [3.63, 3.8) is 0 Å². The van der Waals surface area contributed by atoms with E-state index in [0.29, 0.717) is 6.54 Å². The van der Waals surface area contributed by atoms with Crippen molar-refractivity contribution in [1.82, 2.24) is 10.2 Å². The molecule has 0 aromatic carbocycles. The van der Waals surface area contributed by atoms with E-state index >= 15 is 0 Å². The molecule has 1 fully saturated rings. The Bertz CT molecular complexity index is 240. The summed E-state index contributed by atoms with van der Waals surface area (Å²) < 4.78 is 0. The molecule has 0 spiro atoms. The van der Waals surface area contributed by atoms with Crippen LogP contribution in [0.25, 0.3) is 0 Å². The molecule has 0 saturated carbocycles. The van der Waals surface area contributed by atoms with E-state index < -0.39 is 12.0 Å². The average molecular weight is 184 g/mol. The molecule has 1 aliphatic rings. The summed E-state index contributed by atoms with van der Waals surface area (Å²) in [7, 11) is 0. The summed E-state index contributed by atoms with van der Waals surface area (Å²) in [5.41, 5.74) is 0. The Hall–Kier alpha value is -1.36. The second kappa shape index (κ2) is 4.04. The number of amides is 1. The van der Waals surface area contributed by atoms with Crippen molar-refractivity contribution < 1.29 is 14.7 Å². The van der Waals surface area contributed by atoms with E-state index in [1.807, 2.05) is 0 Å². The van der Waals surface area contributed by atoms with Crippen LogP contribution in [0.4, 0.5) is 0 Å². The van der Waals surface area contributed by atoms with Gasteiger partial charge in [0.2, 0.25) is 5.91 Å². The third-order valence-electron chi connectivity index (χ3n) is 1.93. The molecule has 1 amide bonds. The summed E-state index contributed by atoms with van der Waals surface area (Å²) in [6.45, 7) is 4.22. The van der Waals surface area contributed by atoms with Crippen LogP contribution in [0.5, 0.6) is 0 Å². The standard InChI is InChI=1S/C8H12N2O3/c1-2-3-10-5-7(11)9-4-6(10)8(12)13/h2,6H,1,3-5H2,(H,9,11)(H,12,13). The summed E-state index contributed by atoms with van der Waals surface area (Å²) in [6.07, 6.45) is 1.59. The monoisotopic (exact) mass is 184 g/mol. The van der Waals surface area contributed by atoms with E-state index in [-0.39, 0.29) is 19.0 Å². The Morgan fingerprint density at radius 1 is 1.85 bits per heavy atom. The predicted molar refractivity (Wildman–Crippen MR) is 46.2 cm³/mol. The van der Waals surface area contributed by atoms with Crippen LogP contribution in [0.2, 0.25) is 0 Å². The zero-order chi connectivity index (χ0) is 9.84. The van der Waals surface area contributed by atoms with E-state index in [9.17, 15) is 9.59 Å². The van der Waals surface area contributed by atoms with Gasteiger partial charge in [-0.1, -0.05) is 6.08 Å². The van der Waals surface area contributed by atoms with E-state index in [1.54, 1.807) is 11.0 Å². The van der Waals surface area contributed by atoms with E-state index in [4.69, 9.17) is 5.11 Å². The van der Waals surface area contributed by atoms with Gasteiger partial charge in [0.25, 0.3) is 0 Å². The summed E-state index contributed by atoms with van der Waals surface area (Å²) >= 11 is 0. The fraction of sp³-hybridized carbons (Fsp3) is 0.500. The van der Waals surface area contributed by atoms with Gasteiger partial charge in [-0.3, -0.25) is 14.5 Å². The van der Waals surface area contributed by atoms with Gasteiger partial charge in [0.1, 0.15) is 6.04 Å². The predicted octanol–water partition coefficient (Wildman–Crippen LogP) is -0.943. The van der Waals surface area contributed by atoms with Crippen molar-refractivity contribution in [3.8, 4) is 0 Å². The van der Waals surface area contributed by atoms with Crippen LogP contribution in [-0.2, 0) is 9.59 Å². The Balaban J connectivity index is 2.65. The molecule has 72 valence electrons. The van der Waals surface area contributed by atoms with Crippen LogP contribution in [0.15, 0.2) is 12.7 Å². The van der Waals surface area contributed by atoms with Gasteiger partial charge in [-0.25, -0.2) is 0 Å². The fourth-order valence-corrected chi connectivity index (χ4v) is 1.29. The summed E-state index contributed by atoms with van der Waals surface area (Å²) in [5.74, 6) is -1.05. The number of carbonyl (C=O) groups excluding carboxylic acids is 1. The first kappa shape index (κ1) is 9.73. The molecule has 0 aromatic rings. The molecular formula is C8H12N2O3. The molecule has 5 heteroatoms. The highest BCUT2D eigenvalue weighted by Gasteiger charge is 2.30. The lowest BCUT2D eigenvalue weighted by molar-refractivity contribution is -0.145. The highest BCUT2D eigenvalue weighted by molar-refractivity contribution is 5.83. The number of hydrogen-bond acceptors (Lipinski definition) is 3. The number of carboxylic acid groups (broad SMARTS) is 1. The molecule has 1 rings (SSSR count). The highest BCUT2D eigenvalue weighted by atomic mass is 16.4. The molecule has 2 N–H and O–H groups in total. The Kier molecular flexibility index (Phi) is 3.02. The average Bonchev–Trinajstić information content (AvgIpc) is 2.04. The van der Waals surface area contributed by atoms with Crippen LogP contribution in [0.1, 0.15) is 0 Å². The van der Waals surface area contributed by atoms with Gasteiger partial charge in [0.15, 0.2) is 0 Å². The quantitative estimate of drug-likeness (QED) is 0.555. The molecule has 5 nitrogen and oxygen atoms in total. The molecule has 1 aliphatic heterocycles. The number of nitrogens with one attached hydrogen (secondary N) is 1. The molecule has 0 aliphatic carbocycles. The largest absolute Gasteiger partial charge is 0.480 e. The maximum atomic E-state index is 10.9. The van der Waals surface area contributed by atoms with Crippen LogP contribution < -0.4 is 5.32 Å². The minimum Gasteiger partial charge on any atom is -0.480 e. The minimum absolute atomic E-state index is 0.128. The lowest BCUT2D eigenvalue weighted by atomic mass is 10.2. The van der Waals surface area contributed by atoms with E-state index in [1.165, 1.54) is 0 Å². The normalized spacial score (nSPS) is 23.7. The van der Waals surface area contributed by atoms with Crippen molar-refractivity contribution >= 4 is 11.9 Å². The smallest absolute Gasteiger partial charge is 0.322 e. The molecule has 0 bridgehead atoms. The van der Waals surface area contributed by atoms with Gasteiger partial charge in [-0.05, 0) is 0 Å². The van der Waals surface area contributed by atoms with Gasteiger partial charge in [-0.15, -0.1) is 6.58 Å². The minimum atomic E-state index is -0.915. The Morgan fingerprint density at radius 2 is 2.54 bits per heavy atom. The van der Waals surface area contributed by atoms with Crippen LogP contribution >= 0.6 is 0 Å². The van der Waals surface area contributed by atoms with E-state index in [0.717, 1.165) is 0 Å². The number of carboxylic acids is 1. The second-order valence-electron chi connectivity index (χ2n) is 2.88. The van der Waals surface area contributed by atoms with Crippen LogP contribution in [-0.4, -0.2) is 47.6 Å². The molecule has 0 radical (unpaired) electrons. The van der Waals surface area contributed by atoms with Crippen molar-refractivity contribution in [3.05, 3.63) is 12.7 Å². The number of piperazine rings is 1. The molecule has 1 saturated heterocycles. The first-order valence-corrected chi connectivity index (χ1v) is 3.99. The molecule has 1 heterocycles. The maximum Gasteiger partial charge on any atom is 0.322 e. The van der Waals surface area contributed by atoms with Crippen LogP contribution in [0.3, 0.4) is 0 Å². The highest BCUT2D eigenvalue weighted by Crippen LogP contribution is 2.03. The Labute approximate surface area is 76.0 Å². The topological polar surface area (TPSA) is 69.6 Å². The first-order valence-electron chi connectivity index (χ1n) is 3.99. The zero-order valence-electron chi connectivity index (χ0n) is 7.19. The summed E-state index contributed by atoms with van der Waals surface area (Å²) in [5, 5.41) is 11.3. The number of hydrogen-bond donors (Lipinski definition) is 2. The van der Waals surface area contributed by atoms with Crippen molar-refractivity contribution in [2.75, 3.05) is 19.6 Å². The number of aliphatic carboxylic acids is 1. The van der Waals surface area contributed by atoms with Gasteiger partial charge < -0.3 is 10.4 Å². The summed E-state index contributed by atoms with van der Waals surface area (Å²) in [4.78, 5) is 23.2. The van der Waals surface area contributed by atoms with Gasteiger partial charge in [0, 0.05) is 13.1 Å². The van der Waals surface area contributed by atoms with Crippen molar-refractivity contribution in [2.24, 2.45) is 0 Å². The molecule has 1 unspecified atom stereocenters. The first-order chi connectivity index (χ1) is 6.15. The lowest BCUT2D eigenvalue weighted by Gasteiger charge is -2.31. The van der Waals surface area contributed by atoms with Crippen molar-refractivity contribution in [1.29, 1.82) is 0 Å². The third-order valence-corrected chi connectivity index (χ3v) is 1.93. The number of nitrogens with zero attached hydrogens (tertiary/aromatic N) is 1. The Morgan fingerprint density at radius 3 is 3.08 bits per heavy atom.